The highest BCUT2D eigenvalue weighted by Gasteiger charge is 2.24. The molecule has 0 aromatic carbocycles. The van der Waals surface area contributed by atoms with Crippen molar-refractivity contribution in [1.29, 1.82) is 0 Å². The van der Waals surface area contributed by atoms with Crippen molar-refractivity contribution < 1.29 is 8.42 Å². The van der Waals surface area contributed by atoms with Crippen LogP contribution in [0.2, 0.25) is 0 Å². The van der Waals surface area contributed by atoms with Gasteiger partial charge in [0.25, 0.3) is 0 Å². The smallest absolute Gasteiger partial charge is 0.209 e. The van der Waals surface area contributed by atoms with Gasteiger partial charge in [0.05, 0.1) is 6.26 Å². The van der Waals surface area contributed by atoms with Crippen molar-refractivity contribution in [3.8, 4) is 0 Å². The van der Waals surface area contributed by atoms with E-state index in [4.69, 9.17) is 0 Å². The Morgan fingerprint density at radius 2 is 1.84 bits per heavy atom. The van der Waals surface area contributed by atoms with Crippen molar-refractivity contribution in [3.05, 3.63) is 0 Å². The first-order valence-corrected chi connectivity index (χ1v) is 9.33. The van der Waals surface area contributed by atoms with Crippen molar-refractivity contribution in [1.82, 2.24) is 10.0 Å². The second kappa shape index (κ2) is 7.04. The van der Waals surface area contributed by atoms with Crippen molar-refractivity contribution >= 4 is 10.0 Å². The van der Waals surface area contributed by atoms with E-state index in [1.807, 2.05) is 13.8 Å². The molecule has 0 spiro atoms. The molecule has 2 atom stereocenters. The van der Waals surface area contributed by atoms with Gasteiger partial charge in [0, 0.05) is 18.1 Å². The molecule has 19 heavy (non-hydrogen) atoms. The number of nitrogens with one attached hydrogen (secondary N) is 2. The molecule has 1 fully saturated rings. The fraction of sp³-hybridized carbons (Fsp3) is 1.00. The van der Waals surface area contributed by atoms with Crippen LogP contribution in [0, 0.1) is 5.92 Å². The highest BCUT2D eigenvalue weighted by molar-refractivity contribution is 7.88. The van der Waals surface area contributed by atoms with E-state index in [1.54, 1.807) is 0 Å². The minimum Gasteiger partial charge on any atom is -0.312 e. The van der Waals surface area contributed by atoms with Gasteiger partial charge in [0.2, 0.25) is 10.0 Å². The van der Waals surface area contributed by atoms with Gasteiger partial charge in [-0.1, -0.05) is 26.2 Å². The first kappa shape index (κ1) is 16.9. The van der Waals surface area contributed by atoms with E-state index in [0.29, 0.717) is 12.6 Å². The molecular weight excluding hydrogens is 260 g/mol. The fourth-order valence-electron chi connectivity index (χ4n) is 2.93. The Morgan fingerprint density at radius 1 is 1.16 bits per heavy atom. The fourth-order valence-corrected chi connectivity index (χ4v) is 4.00. The molecule has 1 saturated carbocycles. The Hall–Kier alpha value is -0.130. The van der Waals surface area contributed by atoms with Crippen LogP contribution in [-0.2, 0) is 10.0 Å². The molecule has 0 aliphatic heterocycles. The molecule has 0 heterocycles. The average Bonchev–Trinajstić information content (AvgIpc) is 2.48. The third kappa shape index (κ3) is 7.28. The molecule has 4 nitrogen and oxygen atoms in total. The molecule has 0 bridgehead atoms. The Kier molecular flexibility index (Phi) is 6.27. The minimum absolute atomic E-state index is 0.427. The standard InChI is InChI=1S/C14H30N2O2S/c1-5-12-7-6-8-13(10-9-12)15-11-14(2,3)16-19(4,17)18/h12-13,15-16H,5-11H2,1-4H3. The lowest BCUT2D eigenvalue weighted by atomic mass is 9.97. The monoisotopic (exact) mass is 290 g/mol. The van der Waals surface area contributed by atoms with E-state index in [1.165, 1.54) is 44.8 Å². The minimum atomic E-state index is -3.14. The molecule has 0 saturated heterocycles. The first-order valence-electron chi connectivity index (χ1n) is 7.44. The molecule has 0 aromatic heterocycles. The zero-order chi connectivity index (χ0) is 14.5. The van der Waals surface area contributed by atoms with Gasteiger partial charge < -0.3 is 5.32 Å². The van der Waals surface area contributed by atoms with Gasteiger partial charge in [-0.25, -0.2) is 13.1 Å². The maximum atomic E-state index is 11.3. The van der Waals surface area contributed by atoms with Crippen LogP contribution in [0.5, 0.6) is 0 Å². The molecule has 5 heteroatoms. The lowest BCUT2D eigenvalue weighted by molar-refractivity contribution is 0.365. The zero-order valence-electron chi connectivity index (χ0n) is 12.8. The van der Waals surface area contributed by atoms with Gasteiger partial charge in [-0.3, -0.25) is 0 Å². The molecule has 2 unspecified atom stereocenters. The number of sulfonamides is 1. The van der Waals surface area contributed by atoms with E-state index in [-0.39, 0.29) is 0 Å². The summed E-state index contributed by atoms with van der Waals surface area (Å²) in [6, 6.07) is 0.539. The van der Waals surface area contributed by atoms with E-state index >= 15 is 0 Å². The average molecular weight is 290 g/mol. The Balaban J connectivity index is 2.39. The predicted octanol–water partition coefficient (Wildman–Crippen LogP) is 2.26. The van der Waals surface area contributed by atoms with Crippen LogP contribution < -0.4 is 10.0 Å². The van der Waals surface area contributed by atoms with Crippen LogP contribution in [0.3, 0.4) is 0 Å². The third-order valence-electron chi connectivity index (χ3n) is 3.96. The van der Waals surface area contributed by atoms with Crippen LogP contribution in [0.15, 0.2) is 0 Å². The molecule has 1 aliphatic rings. The quantitative estimate of drug-likeness (QED) is 0.738. The number of rotatable bonds is 6. The van der Waals surface area contributed by atoms with E-state index in [0.717, 1.165) is 5.92 Å². The normalized spacial score (nSPS) is 26.1. The second-order valence-electron chi connectivity index (χ2n) is 6.62. The molecule has 0 amide bonds. The van der Waals surface area contributed by atoms with Gasteiger partial charge in [0.15, 0.2) is 0 Å². The van der Waals surface area contributed by atoms with Crippen molar-refractivity contribution in [2.24, 2.45) is 5.92 Å². The lowest BCUT2D eigenvalue weighted by Crippen LogP contribution is -2.51. The summed E-state index contributed by atoms with van der Waals surface area (Å²) in [4.78, 5) is 0. The lowest BCUT2D eigenvalue weighted by Gasteiger charge is -2.28. The summed E-state index contributed by atoms with van der Waals surface area (Å²) in [5.41, 5.74) is -0.427. The largest absolute Gasteiger partial charge is 0.312 e. The SMILES string of the molecule is CCC1CCCC(NCC(C)(C)NS(C)(=O)=O)CC1. The summed E-state index contributed by atoms with van der Waals surface area (Å²) in [6.45, 7) is 6.80. The topological polar surface area (TPSA) is 58.2 Å². The van der Waals surface area contributed by atoms with Crippen molar-refractivity contribution in [2.45, 2.75) is 70.9 Å². The Labute approximate surface area is 118 Å². The van der Waals surface area contributed by atoms with Gasteiger partial charge >= 0.3 is 0 Å². The number of hydrogen-bond donors (Lipinski definition) is 2. The Bertz CT molecular complexity index is 366. The van der Waals surface area contributed by atoms with Crippen molar-refractivity contribution in [2.75, 3.05) is 12.8 Å². The summed E-state index contributed by atoms with van der Waals surface area (Å²) >= 11 is 0. The summed E-state index contributed by atoms with van der Waals surface area (Å²) in [5, 5.41) is 3.54. The van der Waals surface area contributed by atoms with Crippen LogP contribution in [-0.4, -0.2) is 32.8 Å². The Morgan fingerprint density at radius 3 is 2.42 bits per heavy atom. The maximum absolute atomic E-state index is 11.3. The molecule has 2 N–H and O–H groups in total. The zero-order valence-corrected chi connectivity index (χ0v) is 13.6. The summed E-state index contributed by atoms with van der Waals surface area (Å²) < 4.78 is 25.3. The summed E-state index contributed by atoms with van der Waals surface area (Å²) in [5.74, 6) is 0.883. The predicted molar refractivity (Wildman–Crippen MR) is 80.7 cm³/mol. The van der Waals surface area contributed by atoms with Crippen LogP contribution in [0.25, 0.3) is 0 Å². The van der Waals surface area contributed by atoms with Crippen LogP contribution in [0.4, 0.5) is 0 Å². The molecule has 0 radical (unpaired) electrons. The molecule has 1 aliphatic carbocycles. The highest BCUT2D eigenvalue weighted by atomic mass is 32.2. The molecule has 0 aromatic rings. The maximum Gasteiger partial charge on any atom is 0.209 e. The molecule has 114 valence electrons. The van der Waals surface area contributed by atoms with E-state index in [9.17, 15) is 8.42 Å². The van der Waals surface area contributed by atoms with Crippen molar-refractivity contribution in [3.63, 3.8) is 0 Å². The number of hydrogen-bond acceptors (Lipinski definition) is 3. The van der Waals surface area contributed by atoms with Gasteiger partial charge in [0.1, 0.15) is 0 Å². The van der Waals surface area contributed by atoms with E-state index in [2.05, 4.69) is 17.0 Å². The highest BCUT2D eigenvalue weighted by Crippen LogP contribution is 2.25. The summed E-state index contributed by atoms with van der Waals surface area (Å²) in [6.07, 6.45) is 8.86. The van der Waals surface area contributed by atoms with Crippen LogP contribution >= 0.6 is 0 Å². The van der Waals surface area contributed by atoms with E-state index < -0.39 is 15.6 Å². The third-order valence-corrected chi connectivity index (χ3v) is 4.88. The van der Waals surface area contributed by atoms with Crippen LogP contribution in [0.1, 0.15) is 59.3 Å². The van der Waals surface area contributed by atoms with Gasteiger partial charge in [-0.2, -0.15) is 0 Å². The molecule has 1 rings (SSSR count). The second-order valence-corrected chi connectivity index (χ2v) is 8.37. The van der Waals surface area contributed by atoms with Gasteiger partial charge in [-0.05, 0) is 39.0 Å². The first-order chi connectivity index (χ1) is 8.72. The van der Waals surface area contributed by atoms with Gasteiger partial charge in [-0.15, -0.1) is 0 Å². The summed E-state index contributed by atoms with van der Waals surface area (Å²) in [7, 11) is -3.14. The molecular formula is C14H30N2O2S.